The lowest BCUT2D eigenvalue weighted by Gasteiger charge is -2.13. The molecule has 0 saturated heterocycles. The van der Waals surface area contributed by atoms with Gasteiger partial charge in [0.25, 0.3) is 5.91 Å². The zero-order valence-corrected chi connectivity index (χ0v) is 19.0. The number of aromatic nitrogens is 1. The standard InChI is InChI=1S/C25H25F3N2O4/c1-4-32-16(2)14-19-8-13-23(17(3)29-19)24(31)30-18-6-5-7-22(15-18)33-20-9-11-21(12-10-20)34-25(26,27)28/h5-13,15-16H,4,14H2,1-3H3,(H,30,31). The van der Waals surface area contributed by atoms with Crippen molar-refractivity contribution >= 4 is 11.6 Å². The van der Waals surface area contributed by atoms with Gasteiger partial charge in [0.15, 0.2) is 0 Å². The van der Waals surface area contributed by atoms with Gasteiger partial charge in [-0.05, 0) is 69.3 Å². The first-order chi connectivity index (χ1) is 16.1. The van der Waals surface area contributed by atoms with Gasteiger partial charge >= 0.3 is 6.36 Å². The van der Waals surface area contributed by atoms with Gasteiger partial charge in [-0.1, -0.05) is 6.07 Å². The number of hydrogen-bond acceptors (Lipinski definition) is 5. The number of benzene rings is 2. The lowest BCUT2D eigenvalue weighted by Crippen LogP contribution is -2.16. The van der Waals surface area contributed by atoms with Crippen LogP contribution in [-0.2, 0) is 11.2 Å². The van der Waals surface area contributed by atoms with Gasteiger partial charge in [0, 0.05) is 30.5 Å². The van der Waals surface area contributed by atoms with Crippen LogP contribution in [0.4, 0.5) is 18.9 Å². The smallest absolute Gasteiger partial charge is 0.457 e. The van der Waals surface area contributed by atoms with E-state index in [1.54, 1.807) is 37.3 Å². The second-order valence-corrected chi connectivity index (χ2v) is 7.51. The molecule has 1 atom stereocenters. The minimum Gasteiger partial charge on any atom is -0.457 e. The number of alkyl halides is 3. The number of carbonyl (C=O) groups is 1. The SMILES string of the molecule is CCOC(C)Cc1ccc(C(=O)Nc2cccc(Oc3ccc(OC(F)(F)F)cc3)c2)c(C)n1. The van der Waals surface area contributed by atoms with Crippen molar-refractivity contribution in [3.8, 4) is 17.2 Å². The predicted molar refractivity (Wildman–Crippen MR) is 121 cm³/mol. The summed E-state index contributed by atoms with van der Waals surface area (Å²) < 4.78 is 51.9. The monoisotopic (exact) mass is 474 g/mol. The Labute approximate surface area is 195 Å². The minimum atomic E-state index is -4.76. The molecule has 0 spiro atoms. The molecule has 1 aromatic heterocycles. The van der Waals surface area contributed by atoms with E-state index in [1.165, 1.54) is 12.1 Å². The maximum Gasteiger partial charge on any atom is 0.573 e. The van der Waals surface area contributed by atoms with Crippen LogP contribution in [0.25, 0.3) is 0 Å². The molecular weight excluding hydrogens is 449 g/mol. The molecule has 0 aliphatic carbocycles. The van der Waals surface area contributed by atoms with E-state index in [1.807, 2.05) is 19.9 Å². The molecule has 9 heteroatoms. The first-order valence-corrected chi connectivity index (χ1v) is 10.7. The molecule has 0 radical (unpaired) electrons. The Balaban J connectivity index is 1.64. The van der Waals surface area contributed by atoms with Crippen molar-refractivity contribution in [1.82, 2.24) is 4.98 Å². The summed E-state index contributed by atoms with van der Waals surface area (Å²) in [5.74, 6) is 0.0516. The number of amides is 1. The highest BCUT2D eigenvalue weighted by molar-refractivity contribution is 6.05. The second-order valence-electron chi connectivity index (χ2n) is 7.51. The van der Waals surface area contributed by atoms with E-state index in [0.717, 1.165) is 17.8 Å². The Bertz CT molecular complexity index is 1120. The first kappa shape index (κ1) is 25.0. The van der Waals surface area contributed by atoms with Gasteiger partial charge in [0.05, 0.1) is 17.4 Å². The number of pyridine rings is 1. The molecular formula is C25H25F3N2O4. The number of rotatable bonds is 9. The van der Waals surface area contributed by atoms with Crippen LogP contribution in [0.15, 0.2) is 60.7 Å². The number of nitrogens with one attached hydrogen (secondary N) is 1. The Kier molecular flexibility index (Phi) is 8.12. The van der Waals surface area contributed by atoms with Crippen molar-refractivity contribution in [3.05, 3.63) is 77.6 Å². The Morgan fingerprint density at radius 2 is 1.74 bits per heavy atom. The van der Waals surface area contributed by atoms with E-state index in [4.69, 9.17) is 9.47 Å². The van der Waals surface area contributed by atoms with Crippen molar-refractivity contribution < 1.29 is 32.2 Å². The zero-order valence-electron chi connectivity index (χ0n) is 19.0. The van der Waals surface area contributed by atoms with Gasteiger partial charge in [0.2, 0.25) is 0 Å². The molecule has 6 nitrogen and oxygen atoms in total. The van der Waals surface area contributed by atoms with E-state index in [2.05, 4.69) is 15.0 Å². The summed E-state index contributed by atoms with van der Waals surface area (Å²) >= 11 is 0. The summed E-state index contributed by atoms with van der Waals surface area (Å²) in [6.45, 7) is 6.31. The van der Waals surface area contributed by atoms with Crippen molar-refractivity contribution in [3.63, 3.8) is 0 Å². The number of halogens is 3. The molecule has 2 aromatic carbocycles. The summed E-state index contributed by atoms with van der Waals surface area (Å²) in [5, 5.41) is 2.81. The van der Waals surface area contributed by atoms with E-state index in [-0.39, 0.29) is 17.8 Å². The molecule has 180 valence electrons. The maximum absolute atomic E-state index is 12.8. The molecule has 0 aliphatic heterocycles. The van der Waals surface area contributed by atoms with Crippen LogP contribution in [-0.4, -0.2) is 30.0 Å². The third kappa shape index (κ3) is 7.48. The van der Waals surface area contributed by atoms with Crippen molar-refractivity contribution in [2.45, 2.75) is 39.7 Å². The summed E-state index contributed by atoms with van der Waals surface area (Å²) in [6.07, 6.45) is -4.07. The fraction of sp³-hybridized carbons (Fsp3) is 0.280. The molecule has 1 unspecified atom stereocenters. The highest BCUT2D eigenvalue weighted by Crippen LogP contribution is 2.28. The highest BCUT2D eigenvalue weighted by Gasteiger charge is 2.31. The molecule has 3 rings (SSSR count). The van der Waals surface area contributed by atoms with E-state index < -0.39 is 6.36 Å². The number of anilines is 1. The Hall–Kier alpha value is -3.59. The molecule has 3 aromatic rings. The molecule has 1 amide bonds. The van der Waals surface area contributed by atoms with Crippen molar-refractivity contribution in [2.75, 3.05) is 11.9 Å². The molecule has 1 N–H and O–H groups in total. The molecule has 0 bridgehead atoms. The Morgan fingerprint density at radius 1 is 1.03 bits per heavy atom. The predicted octanol–water partition coefficient (Wildman–Crippen LogP) is 6.30. The summed E-state index contributed by atoms with van der Waals surface area (Å²) in [4.78, 5) is 17.3. The van der Waals surface area contributed by atoms with Gasteiger partial charge < -0.3 is 19.5 Å². The number of hydrogen-bond donors (Lipinski definition) is 1. The second kappa shape index (κ2) is 11.0. The van der Waals surface area contributed by atoms with Crippen LogP contribution in [0, 0.1) is 6.92 Å². The quantitative estimate of drug-likeness (QED) is 0.394. The van der Waals surface area contributed by atoms with Gasteiger partial charge in [-0.3, -0.25) is 9.78 Å². The van der Waals surface area contributed by atoms with Crippen LogP contribution in [0.1, 0.15) is 35.6 Å². The lowest BCUT2D eigenvalue weighted by atomic mass is 10.1. The average molecular weight is 474 g/mol. The van der Waals surface area contributed by atoms with Crippen LogP contribution >= 0.6 is 0 Å². The average Bonchev–Trinajstić information content (AvgIpc) is 2.74. The van der Waals surface area contributed by atoms with Crippen LogP contribution in [0.3, 0.4) is 0 Å². The van der Waals surface area contributed by atoms with Crippen molar-refractivity contribution in [1.29, 1.82) is 0 Å². The third-order valence-electron chi connectivity index (χ3n) is 4.72. The Morgan fingerprint density at radius 3 is 2.38 bits per heavy atom. The topological polar surface area (TPSA) is 69.7 Å². The van der Waals surface area contributed by atoms with Crippen LogP contribution < -0.4 is 14.8 Å². The van der Waals surface area contributed by atoms with Gasteiger partial charge in [0.1, 0.15) is 17.2 Å². The van der Waals surface area contributed by atoms with E-state index in [0.29, 0.717) is 41.5 Å². The summed E-state index contributed by atoms with van der Waals surface area (Å²) in [6, 6.07) is 15.2. The largest absolute Gasteiger partial charge is 0.573 e. The zero-order chi connectivity index (χ0) is 24.7. The van der Waals surface area contributed by atoms with Gasteiger partial charge in [-0.25, -0.2) is 0 Å². The van der Waals surface area contributed by atoms with E-state index >= 15 is 0 Å². The summed E-state index contributed by atoms with van der Waals surface area (Å²) in [5.41, 5.74) is 2.39. The number of nitrogens with zero attached hydrogens (tertiary/aromatic N) is 1. The molecule has 0 saturated carbocycles. The van der Waals surface area contributed by atoms with Crippen LogP contribution in [0.2, 0.25) is 0 Å². The fourth-order valence-electron chi connectivity index (χ4n) is 3.29. The first-order valence-electron chi connectivity index (χ1n) is 10.7. The molecule has 1 heterocycles. The fourth-order valence-corrected chi connectivity index (χ4v) is 3.29. The molecule has 0 fully saturated rings. The lowest BCUT2D eigenvalue weighted by molar-refractivity contribution is -0.274. The van der Waals surface area contributed by atoms with Crippen LogP contribution in [0.5, 0.6) is 17.2 Å². The maximum atomic E-state index is 12.8. The molecule has 0 aliphatic rings. The number of aryl methyl sites for hydroxylation is 1. The minimum absolute atomic E-state index is 0.0349. The van der Waals surface area contributed by atoms with E-state index in [9.17, 15) is 18.0 Å². The number of carbonyl (C=O) groups excluding carboxylic acids is 1. The number of ether oxygens (including phenoxy) is 3. The van der Waals surface area contributed by atoms with Crippen molar-refractivity contribution in [2.24, 2.45) is 0 Å². The van der Waals surface area contributed by atoms with Gasteiger partial charge in [-0.2, -0.15) is 0 Å². The highest BCUT2D eigenvalue weighted by atomic mass is 19.4. The summed E-state index contributed by atoms with van der Waals surface area (Å²) in [7, 11) is 0. The third-order valence-corrected chi connectivity index (χ3v) is 4.72. The molecule has 34 heavy (non-hydrogen) atoms. The normalized spacial score (nSPS) is 12.2. The van der Waals surface area contributed by atoms with Gasteiger partial charge in [-0.15, -0.1) is 13.2 Å².